The van der Waals surface area contributed by atoms with Gasteiger partial charge in [-0.15, -0.1) is 0 Å². The first-order valence-corrected chi connectivity index (χ1v) is 6.99. The van der Waals surface area contributed by atoms with Gasteiger partial charge in [0.05, 0.1) is 4.99 Å². The van der Waals surface area contributed by atoms with Crippen LogP contribution < -0.4 is 5.32 Å². The minimum Gasteiger partial charge on any atom is -0.375 e. The number of hydrogen-bond donors (Lipinski definition) is 1. The molecule has 1 nitrogen and oxygen atoms in total. The van der Waals surface area contributed by atoms with Gasteiger partial charge in [0.1, 0.15) is 0 Å². The normalized spacial score (nSPS) is 10.1. The maximum absolute atomic E-state index is 5.35. The Morgan fingerprint density at radius 1 is 0.944 bits per heavy atom. The van der Waals surface area contributed by atoms with Gasteiger partial charge in [-0.3, -0.25) is 0 Å². The zero-order valence-corrected chi connectivity index (χ0v) is 12.3. The van der Waals surface area contributed by atoms with E-state index < -0.39 is 0 Å². The SMILES string of the molecule is S=C(Cc1ccc(Br)cc1)NCc1ccccc1. The van der Waals surface area contributed by atoms with Crippen molar-refractivity contribution in [2.24, 2.45) is 0 Å². The molecule has 0 aromatic heterocycles. The minimum atomic E-state index is 0.787. The highest BCUT2D eigenvalue weighted by molar-refractivity contribution is 9.10. The van der Waals surface area contributed by atoms with Gasteiger partial charge in [-0.1, -0.05) is 70.6 Å². The second-order valence-corrected chi connectivity index (χ2v) is 5.47. The van der Waals surface area contributed by atoms with Crippen molar-refractivity contribution < 1.29 is 0 Å². The van der Waals surface area contributed by atoms with E-state index >= 15 is 0 Å². The Morgan fingerprint density at radius 3 is 2.28 bits per heavy atom. The van der Waals surface area contributed by atoms with Crippen LogP contribution in [0, 0.1) is 0 Å². The zero-order chi connectivity index (χ0) is 12.8. The van der Waals surface area contributed by atoms with E-state index in [1.165, 1.54) is 11.1 Å². The van der Waals surface area contributed by atoms with Crippen molar-refractivity contribution in [2.75, 3.05) is 0 Å². The molecule has 0 spiro atoms. The molecule has 0 bridgehead atoms. The number of nitrogens with one attached hydrogen (secondary N) is 1. The van der Waals surface area contributed by atoms with Gasteiger partial charge in [0.15, 0.2) is 0 Å². The Labute approximate surface area is 121 Å². The van der Waals surface area contributed by atoms with E-state index in [4.69, 9.17) is 12.2 Å². The molecular formula is C15H14BrNS. The van der Waals surface area contributed by atoms with Crippen molar-refractivity contribution in [2.45, 2.75) is 13.0 Å². The lowest BCUT2D eigenvalue weighted by molar-refractivity contribution is 0.912. The van der Waals surface area contributed by atoms with E-state index in [0.717, 1.165) is 22.4 Å². The van der Waals surface area contributed by atoms with Gasteiger partial charge in [-0.2, -0.15) is 0 Å². The Hall–Kier alpha value is -1.19. The van der Waals surface area contributed by atoms with E-state index in [2.05, 4.69) is 45.5 Å². The molecule has 0 aliphatic rings. The van der Waals surface area contributed by atoms with Gasteiger partial charge in [-0.25, -0.2) is 0 Å². The monoisotopic (exact) mass is 319 g/mol. The van der Waals surface area contributed by atoms with Crippen molar-refractivity contribution in [3.63, 3.8) is 0 Å². The first-order valence-electron chi connectivity index (χ1n) is 5.79. The van der Waals surface area contributed by atoms with Crippen LogP contribution >= 0.6 is 28.1 Å². The van der Waals surface area contributed by atoms with E-state index in [-0.39, 0.29) is 0 Å². The molecule has 0 aliphatic heterocycles. The number of halogens is 1. The van der Waals surface area contributed by atoms with Crippen LogP contribution in [0.4, 0.5) is 0 Å². The van der Waals surface area contributed by atoms with Crippen LogP contribution in [0.25, 0.3) is 0 Å². The van der Waals surface area contributed by atoms with Gasteiger partial charge in [0.25, 0.3) is 0 Å². The summed E-state index contributed by atoms with van der Waals surface area (Å²) < 4.78 is 1.09. The molecule has 0 saturated carbocycles. The summed E-state index contributed by atoms with van der Waals surface area (Å²) in [6.45, 7) is 0.788. The predicted molar refractivity (Wildman–Crippen MR) is 83.7 cm³/mol. The van der Waals surface area contributed by atoms with E-state index in [1.54, 1.807) is 0 Å². The van der Waals surface area contributed by atoms with Gasteiger partial charge in [0, 0.05) is 17.4 Å². The van der Waals surface area contributed by atoms with E-state index in [1.807, 2.05) is 30.3 Å². The van der Waals surface area contributed by atoms with Crippen LogP contribution in [0.1, 0.15) is 11.1 Å². The molecule has 18 heavy (non-hydrogen) atoms. The van der Waals surface area contributed by atoms with Crippen molar-refractivity contribution in [1.29, 1.82) is 0 Å². The van der Waals surface area contributed by atoms with Crippen molar-refractivity contribution in [1.82, 2.24) is 5.32 Å². The first-order chi connectivity index (χ1) is 8.74. The lowest BCUT2D eigenvalue weighted by Crippen LogP contribution is -2.22. The fourth-order valence-electron chi connectivity index (χ4n) is 1.65. The highest BCUT2D eigenvalue weighted by Gasteiger charge is 1.99. The summed E-state index contributed by atoms with van der Waals surface area (Å²) in [6, 6.07) is 18.5. The molecule has 0 fully saturated rings. The molecule has 0 unspecified atom stereocenters. The number of thiocarbonyl (C=S) groups is 1. The van der Waals surface area contributed by atoms with Crippen LogP contribution in [0.2, 0.25) is 0 Å². The molecule has 0 radical (unpaired) electrons. The average molecular weight is 320 g/mol. The maximum Gasteiger partial charge on any atom is 0.0800 e. The minimum absolute atomic E-state index is 0.787. The van der Waals surface area contributed by atoms with E-state index in [9.17, 15) is 0 Å². The fourth-order valence-corrected chi connectivity index (χ4v) is 2.15. The highest BCUT2D eigenvalue weighted by atomic mass is 79.9. The third-order valence-electron chi connectivity index (χ3n) is 2.61. The molecule has 2 aromatic carbocycles. The van der Waals surface area contributed by atoms with Gasteiger partial charge >= 0.3 is 0 Å². The third-order valence-corrected chi connectivity index (χ3v) is 3.43. The average Bonchev–Trinajstić information content (AvgIpc) is 2.40. The van der Waals surface area contributed by atoms with Crippen molar-refractivity contribution >= 4 is 33.1 Å². The van der Waals surface area contributed by atoms with Gasteiger partial charge < -0.3 is 5.32 Å². The Morgan fingerprint density at radius 2 is 1.61 bits per heavy atom. The fraction of sp³-hybridized carbons (Fsp3) is 0.133. The van der Waals surface area contributed by atoms with E-state index in [0.29, 0.717) is 0 Å². The van der Waals surface area contributed by atoms with Crippen LogP contribution in [0.5, 0.6) is 0 Å². The zero-order valence-electron chi connectivity index (χ0n) is 9.90. The number of benzene rings is 2. The highest BCUT2D eigenvalue weighted by Crippen LogP contribution is 2.11. The largest absolute Gasteiger partial charge is 0.375 e. The summed E-state index contributed by atoms with van der Waals surface area (Å²) in [6.07, 6.45) is 0.787. The number of rotatable bonds is 4. The number of hydrogen-bond acceptors (Lipinski definition) is 1. The molecule has 0 aliphatic carbocycles. The summed E-state index contributed by atoms with van der Waals surface area (Å²) in [5, 5.41) is 3.28. The second kappa shape index (κ2) is 6.66. The molecule has 0 saturated heterocycles. The molecule has 0 atom stereocenters. The van der Waals surface area contributed by atoms with Gasteiger partial charge in [0.2, 0.25) is 0 Å². The van der Waals surface area contributed by atoms with Gasteiger partial charge in [-0.05, 0) is 23.3 Å². The lowest BCUT2D eigenvalue weighted by Gasteiger charge is -2.08. The summed E-state index contributed by atoms with van der Waals surface area (Å²) in [5.41, 5.74) is 2.47. The Kier molecular flexibility index (Phi) is 4.90. The summed E-state index contributed by atoms with van der Waals surface area (Å²) >= 11 is 8.77. The Balaban J connectivity index is 1.84. The van der Waals surface area contributed by atoms with Crippen molar-refractivity contribution in [3.8, 4) is 0 Å². The molecule has 2 aromatic rings. The summed E-state index contributed by atoms with van der Waals surface area (Å²) in [5.74, 6) is 0. The molecule has 0 heterocycles. The summed E-state index contributed by atoms with van der Waals surface area (Å²) in [7, 11) is 0. The quantitative estimate of drug-likeness (QED) is 0.851. The lowest BCUT2D eigenvalue weighted by atomic mass is 10.1. The standard InChI is InChI=1S/C15H14BrNS/c16-14-8-6-12(7-9-14)10-15(18)17-11-13-4-2-1-3-5-13/h1-9H,10-11H2,(H,17,18). The Bertz CT molecular complexity index is 508. The predicted octanol–water partition coefficient (Wildman–Crippen LogP) is 4.11. The third kappa shape index (κ3) is 4.24. The molecule has 3 heteroatoms. The summed E-state index contributed by atoms with van der Waals surface area (Å²) in [4.78, 5) is 0.876. The van der Waals surface area contributed by atoms with Crippen LogP contribution in [-0.4, -0.2) is 4.99 Å². The molecular weight excluding hydrogens is 306 g/mol. The molecule has 1 N–H and O–H groups in total. The maximum atomic E-state index is 5.35. The molecule has 92 valence electrons. The van der Waals surface area contributed by atoms with Crippen LogP contribution in [-0.2, 0) is 13.0 Å². The van der Waals surface area contributed by atoms with Crippen molar-refractivity contribution in [3.05, 3.63) is 70.2 Å². The first kappa shape index (κ1) is 13.2. The molecule has 0 amide bonds. The smallest absolute Gasteiger partial charge is 0.0800 e. The second-order valence-electron chi connectivity index (χ2n) is 4.07. The van der Waals surface area contributed by atoms with Crippen LogP contribution in [0.15, 0.2) is 59.1 Å². The van der Waals surface area contributed by atoms with Crippen LogP contribution in [0.3, 0.4) is 0 Å². The molecule has 2 rings (SSSR count). The topological polar surface area (TPSA) is 12.0 Å².